The van der Waals surface area contributed by atoms with E-state index in [0.29, 0.717) is 11.8 Å². The van der Waals surface area contributed by atoms with Crippen molar-refractivity contribution in [2.45, 2.75) is 110 Å². The number of ether oxygens (including phenoxy) is 1. The van der Waals surface area contributed by atoms with Gasteiger partial charge in [0.25, 0.3) is 0 Å². The summed E-state index contributed by atoms with van der Waals surface area (Å²) in [5.41, 5.74) is 4.29. The number of hydrogen-bond donors (Lipinski definition) is 0. The van der Waals surface area contributed by atoms with Crippen molar-refractivity contribution in [3.63, 3.8) is 0 Å². The third-order valence-corrected chi connectivity index (χ3v) is 9.08. The molecule has 2 aromatic rings. The summed E-state index contributed by atoms with van der Waals surface area (Å²) in [7, 11) is 0. The van der Waals surface area contributed by atoms with Crippen LogP contribution in [-0.2, 0) is 11.2 Å². The Labute approximate surface area is 220 Å². The molecule has 0 spiro atoms. The number of halogens is 1. The fourth-order valence-corrected chi connectivity index (χ4v) is 6.62. The second-order valence-corrected chi connectivity index (χ2v) is 11.8. The van der Waals surface area contributed by atoms with E-state index < -0.39 is 0 Å². The van der Waals surface area contributed by atoms with E-state index >= 15 is 4.39 Å². The summed E-state index contributed by atoms with van der Waals surface area (Å²) in [5, 5.41) is 0. The molecule has 0 atom stereocenters. The molecule has 0 unspecified atom stereocenters. The van der Waals surface area contributed by atoms with Crippen LogP contribution < -0.4 is 0 Å². The van der Waals surface area contributed by atoms with Crippen molar-refractivity contribution < 1.29 is 9.13 Å². The molecule has 0 aromatic heterocycles. The first kappa shape index (κ1) is 27.4. The summed E-state index contributed by atoms with van der Waals surface area (Å²) in [6.07, 6.45) is 17.9. The molecule has 2 aliphatic rings. The lowest BCUT2D eigenvalue weighted by molar-refractivity contribution is 0.0808. The van der Waals surface area contributed by atoms with Crippen LogP contribution in [0.3, 0.4) is 0 Å². The normalized spacial score (nSPS) is 24.6. The average Bonchev–Trinajstić information content (AvgIpc) is 2.92. The van der Waals surface area contributed by atoms with Crippen molar-refractivity contribution in [2.75, 3.05) is 13.2 Å². The fraction of sp³-hybridized carbons (Fsp3) is 0.647. The van der Waals surface area contributed by atoms with Crippen LogP contribution in [0, 0.1) is 23.6 Å². The molecule has 2 heteroatoms. The highest BCUT2D eigenvalue weighted by Crippen LogP contribution is 2.38. The van der Waals surface area contributed by atoms with Crippen LogP contribution in [0.2, 0.25) is 0 Å². The zero-order valence-electron chi connectivity index (χ0n) is 23.0. The highest BCUT2D eigenvalue weighted by molar-refractivity contribution is 5.65. The first-order valence-electron chi connectivity index (χ1n) is 15.1. The number of unbranched alkanes of at least 4 members (excludes halogenated alkanes) is 1. The van der Waals surface area contributed by atoms with Gasteiger partial charge in [-0.15, -0.1) is 0 Å². The topological polar surface area (TPSA) is 9.23 Å². The Morgan fingerprint density at radius 1 is 0.750 bits per heavy atom. The Balaban J connectivity index is 1.25. The van der Waals surface area contributed by atoms with Crippen LogP contribution in [0.5, 0.6) is 0 Å². The van der Waals surface area contributed by atoms with Crippen LogP contribution in [0.1, 0.15) is 114 Å². The Morgan fingerprint density at radius 2 is 1.42 bits per heavy atom. The minimum atomic E-state index is -0.0749. The zero-order valence-corrected chi connectivity index (χ0v) is 23.0. The maximum absolute atomic E-state index is 15.2. The van der Waals surface area contributed by atoms with E-state index in [1.54, 1.807) is 6.07 Å². The van der Waals surface area contributed by atoms with Crippen molar-refractivity contribution in [3.05, 3.63) is 59.4 Å². The second-order valence-electron chi connectivity index (χ2n) is 11.8. The van der Waals surface area contributed by atoms with Gasteiger partial charge in [0.05, 0.1) is 0 Å². The van der Waals surface area contributed by atoms with Gasteiger partial charge in [0.1, 0.15) is 5.82 Å². The quantitative estimate of drug-likeness (QED) is 0.268. The van der Waals surface area contributed by atoms with Crippen molar-refractivity contribution in [2.24, 2.45) is 17.8 Å². The molecule has 2 aliphatic carbocycles. The van der Waals surface area contributed by atoms with Gasteiger partial charge >= 0.3 is 0 Å². The number of hydrogen-bond acceptors (Lipinski definition) is 1. The smallest absolute Gasteiger partial charge is 0.131 e. The molecule has 0 amide bonds. The number of rotatable bonds is 12. The summed E-state index contributed by atoms with van der Waals surface area (Å²) in [6.45, 7) is 6.31. The summed E-state index contributed by atoms with van der Waals surface area (Å²) < 4.78 is 21.0. The fourth-order valence-electron chi connectivity index (χ4n) is 6.62. The van der Waals surface area contributed by atoms with E-state index in [1.165, 1.54) is 75.3 Å². The predicted octanol–water partition coefficient (Wildman–Crippen LogP) is 10.1. The Hall–Kier alpha value is -1.67. The van der Waals surface area contributed by atoms with Gasteiger partial charge in [-0.25, -0.2) is 4.39 Å². The molecule has 4 rings (SSSR count). The van der Waals surface area contributed by atoms with Gasteiger partial charge in [-0.3, -0.25) is 0 Å². The molecule has 2 saturated carbocycles. The van der Waals surface area contributed by atoms with Crippen LogP contribution in [0.25, 0.3) is 11.1 Å². The van der Waals surface area contributed by atoms with E-state index in [-0.39, 0.29) is 5.82 Å². The van der Waals surface area contributed by atoms with Crippen molar-refractivity contribution in [1.82, 2.24) is 0 Å². The standard InChI is InChI=1S/C34H49FO/c1-3-5-23-36-25-29-15-17-30(18-16-29)32-21-22-33(34(35)24-32)31-19-13-28(14-20-31)12-11-27-9-7-26(6-4-2)8-10-27/h13-14,19-22,24,26-27,29-30H,3-12,15-18,23,25H2,1-2H3. The maximum Gasteiger partial charge on any atom is 0.131 e. The zero-order chi connectivity index (χ0) is 25.2. The monoisotopic (exact) mass is 492 g/mol. The molecule has 0 heterocycles. The molecule has 2 aromatic carbocycles. The van der Waals surface area contributed by atoms with Crippen molar-refractivity contribution in [1.29, 1.82) is 0 Å². The maximum atomic E-state index is 15.2. The largest absolute Gasteiger partial charge is 0.381 e. The molecule has 36 heavy (non-hydrogen) atoms. The van der Waals surface area contributed by atoms with Gasteiger partial charge < -0.3 is 4.74 Å². The summed E-state index contributed by atoms with van der Waals surface area (Å²) >= 11 is 0. The second kappa shape index (κ2) is 14.3. The van der Waals surface area contributed by atoms with Crippen LogP contribution in [0.4, 0.5) is 4.39 Å². The SMILES string of the molecule is CCCCOCC1CCC(c2ccc(-c3ccc(CCC4CCC(CCC)CC4)cc3)c(F)c2)CC1. The molecule has 0 bridgehead atoms. The first-order chi connectivity index (χ1) is 17.7. The third kappa shape index (κ3) is 7.91. The number of aryl methyl sites for hydroxylation is 1. The van der Waals surface area contributed by atoms with Crippen molar-refractivity contribution >= 4 is 0 Å². The third-order valence-electron chi connectivity index (χ3n) is 9.08. The first-order valence-corrected chi connectivity index (χ1v) is 15.1. The van der Waals surface area contributed by atoms with Gasteiger partial charge in [-0.05, 0) is 91.4 Å². The minimum Gasteiger partial charge on any atom is -0.381 e. The van der Waals surface area contributed by atoms with Gasteiger partial charge in [0.15, 0.2) is 0 Å². The van der Waals surface area contributed by atoms with E-state index in [2.05, 4.69) is 44.2 Å². The van der Waals surface area contributed by atoms with Crippen molar-refractivity contribution in [3.8, 4) is 11.1 Å². The van der Waals surface area contributed by atoms with Crippen LogP contribution in [0.15, 0.2) is 42.5 Å². The molecule has 0 N–H and O–H groups in total. The van der Waals surface area contributed by atoms with Gasteiger partial charge in [0, 0.05) is 18.8 Å². The molecule has 198 valence electrons. The Kier molecular flexibility index (Phi) is 10.9. The Bertz CT molecular complexity index is 888. The molecule has 0 aliphatic heterocycles. The molecule has 1 nitrogen and oxygen atoms in total. The molecule has 0 radical (unpaired) electrons. The number of benzene rings is 2. The summed E-state index contributed by atoms with van der Waals surface area (Å²) in [4.78, 5) is 0. The van der Waals surface area contributed by atoms with E-state index in [9.17, 15) is 0 Å². The van der Waals surface area contributed by atoms with Gasteiger partial charge in [-0.2, -0.15) is 0 Å². The van der Waals surface area contributed by atoms with Gasteiger partial charge in [-0.1, -0.05) is 95.2 Å². The minimum absolute atomic E-state index is 0.0749. The predicted molar refractivity (Wildman–Crippen MR) is 151 cm³/mol. The average molecular weight is 493 g/mol. The molecular weight excluding hydrogens is 443 g/mol. The highest BCUT2D eigenvalue weighted by atomic mass is 19.1. The molecule has 0 saturated heterocycles. The highest BCUT2D eigenvalue weighted by Gasteiger charge is 2.23. The van der Waals surface area contributed by atoms with E-state index in [4.69, 9.17) is 4.74 Å². The Morgan fingerprint density at radius 3 is 2.06 bits per heavy atom. The van der Waals surface area contributed by atoms with E-state index in [1.807, 2.05) is 6.07 Å². The molecule has 2 fully saturated rings. The van der Waals surface area contributed by atoms with Gasteiger partial charge in [0.2, 0.25) is 0 Å². The van der Waals surface area contributed by atoms with E-state index in [0.717, 1.165) is 61.9 Å². The lowest BCUT2D eigenvalue weighted by Crippen LogP contribution is -2.18. The summed E-state index contributed by atoms with van der Waals surface area (Å²) in [5.74, 6) is 2.97. The molecular formula is C34H49FO. The lowest BCUT2D eigenvalue weighted by atomic mass is 9.78. The summed E-state index contributed by atoms with van der Waals surface area (Å²) in [6, 6.07) is 14.7. The lowest BCUT2D eigenvalue weighted by Gasteiger charge is -2.29. The van der Waals surface area contributed by atoms with Crippen LogP contribution in [-0.4, -0.2) is 13.2 Å². The van der Waals surface area contributed by atoms with Crippen LogP contribution >= 0.6 is 0 Å².